The Labute approximate surface area is 239 Å². The standard InChI is InChI=1S/C31H33Cl2N3O3/c1-18(2)22-15-23(19(3)12-27(22)38-7)29-35-26-11-9-8-10-21(26)30(37)36(29)34-16-20-13-24(32)28(25(33)14-20)39-17-31(4,5)6/h8-16,18H,17H2,1-7H3. The third-order valence-corrected chi connectivity index (χ3v) is 6.75. The summed E-state index contributed by atoms with van der Waals surface area (Å²) in [4.78, 5) is 18.5. The summed E-state index contributed by atoms with van der Waals surface area (Å²) in [7, 11) is 1.66. The van der Waals surface area contributed by atoms with Crippen molar-refractivity contribution in [2.75, 3.05) is 13.7 Å². The van der Waals surface area contributed by atoms with Gasteiger partial charge in [0.2, 0.25) is 0 Å². The number of aryl methyl sites for hydroxylation is 1. The molecular formula is C31H33Cl2N3O3. The van der Waals surface area contributed by atoms with E-state index < -0.39 is 0 Å². The molecule has 8 heteroatoms. The molecule has 39 heavy (non-hydrogen) atoms. The summed E-state index contributed by atoms with van der Waals surface area (Å²) in [5.41, 5.74) is 3.60. The lowest BCUT2D eigenvalue weighted by molar-refractivity contribution is 0.198. The van der Waals surface area contributed by atoms with Crippen molar-refractivity contribution in [2.45, 2.75) is 47.5 Å². The van der Waals surface area contributed by atoms with Gasteiger partial charge in [0, 0.05) is 5.56 Å². The lowest BCUT2D eigenvalue weighted by atomic mass is 9.96. The number of para-hydroxylation sites is 1. The van der Waals surface area contributed by atoms with E-state index >= 15 is 0 Å². The molecule has 0 fully saturated rings. The number of rotatable bonds is 7. The van der Waals surface area contributed by atoms with Crippen molar-refractivity contribution in [3.63, 3.8) is 0 Å². The fourth-order valence-corrected chi connectivity index (χ4v) is 4.79. The second-order valence-corrected chi connectivity index (χ2v) is 11.9. The molecule has 0 spiro atoms. The first-order valence-corrected chi connectivity index (χ1v) is 13.5. The molecule has 0 aliphatic carbocycles. The summed E-state index contributed by atoms with van der Waals surface area (Å²) in [6, 6.07) is 14.7. The molecule has 0 saturated carbocycles. The van der Waals surface area contributed by atoms with Gasteiger partial charge in [-0.15, -0.1) is 0 Å². The van der Waals surface area contributed by atoms with Crippen LogP contribution in [0.4, 0.5) is 0 Å². The molecule has 4 aromatic rings. The summed E-state index contributed by atoms with van der Waals surface area (Å²) in [5, 5.41) is 5.78. The van der Waals surface area contributed by atoms with Gasteiger partial charge in [0.1, 0.15) is 5.75 Å². The first-order chi connectivity index (χ1) is 18.4. The van der Waals surface area contributed by atoms with Crippen molar-refractivity contribution in [3.05, 3.63) is 85.6 Å². The largest absolute Gasteiger partial charge is 0.496 e. The molecule has 0 saturated heterocycles. The van der Waals surface area contributed by atoms with Gasteiger partial charge >= 0.3 is 0 Å². The highest BCUT2D eigenvalue weighted by atomic mass is 35.5. The molecule has 0 unspecified atom stereocenters. The Morgan fingerprint density at radius 2 is 1.74 bits per heavy atom. The van der Waals surface area contributed by atoms with Crippen LogP contribution in [0.5, 0.6) is 11.5 Å². The summed E-state index contributed by atoms with van der Waals surface area (Å²) in [6.07, 6.45) is 1.55. The van der Waals surface area contributed by atoms with Gasteiger partial charge in [-0.1, -0.05) is 70.0 Å². The lowest BCUT2D eigenvalue weighted by Crippen LogP contribution is -2.21. The fraction of sp³-hybridized carbons (Fsp3) is 0.323. The third-order valence-electron chi connectivity index (χ3n) is 6.19. The number of aromatic nitrogens is 2. The minimum Gasteiger partial charge on any atom is -0.496 e. The van der Waals surface area contributed by atoms with Gasteiger partial charge in [-0.25, -0.2) is 4.98 Å². The predicted octanol–water partition coefficient (Wildman–Crippen LogP) is 8.12. The summed E-state index contributed by atoms with van der Waals surface area (Å²) < 4.78 is 12.8. The number of benzene rings is 3. The van der Waals surface area contributed by atoms with Crippen LogP contribution in [-0.4, -0.2) is 29.6 Å². The van der Waals surface area contributed by atoms with E-state index in [-0.39, 0.29) is 16.9 Å². The highest BCUT2D eigenvalue weighted by Gasteiger charge is 2.19. The van der Waals surface area contributed by atoms with Gasteiger partial charge in [0.25, 0.3) is 5.56 Å². The smallest absolute Gasteiger partial charge is 0.282 e. The van der Waals surface area contributed by atoms with E-state index in [4.69, 9.17) is 37.7 Å². The number of hydrogen-bond acceptors (Lipinski definition) is 5. The quantitative estimate of drug-likeness (QED) is 0.212. The monoisotopic (exact) mass is 565 g/mol. The number of fused-ring (bicyclic) bond motifs is 1. The van der Waals surface area contributed by atoms with Gasteiger partial charge in [-0.3, -0.25) is 4.79 Å². The average molecular weight is 567 g/mol. The summed E-state index contributed by atoms with van der Waals surface area (Å²) in [5.74, 6) is 1.85. The zero-order valence-electron chi connectivity index (χ0n) is 23.3. The van der Waals surface area contributed by atoms with Crippen LogP contribution in [0, 0.1) is 12.3 Å². The molecule has 0 amide bonds. The number of hydrogen-bond donors (Lipinski definition) is 0. The maximum Gasteiger partial charge on any atom is 0.282 e. The van der Waals surface area contributed by atoms with Crippen molar-refractivity contribution in [1.29, 1.82) is 0 Å². The molecule has 3 aromatic carbocycles. The molecular weight excluding hydrogens is 533 g/mol. The topological polar surface area (TPSA) is 65.7 Å². The van der Waals surface area contributed by atoms with E-state index in [1.165, 1.54) is 4.68 Å². The Morgan fingerprint density at radius 3 is 2.36 bits per heavy atom. The molecule has 4 rings (SSSR count). The maximum absolute atomic E-state index is 13.7. The lowest BCUT2D eigenvalue weighted by Gasteiger charge is -2.20. The minimum atomic E-state index is -0.282. The van der Waals surface area contributed by atoms with E-state index in [0.29, 0.717) is 44.7 Å². The van der Waals surface area contributed by atoms with E-state index in [9.17, 15) is 4.79 Å². The van der Waals surface area contributed by atoms with Crippen molar-refractivity contribution in [2.24, 2.45) is 10.5 Å². The van der Waals surface area contributed by atoms with Crippen LogP contribution in [0.1, 0.15) is 57.2 Å². The molecule has 0 bridgehead atoms. The molecule has 0 radical (unpaired) electrons. The van der Waals surface area contributed by atoms with Crippen molar-refractivity contribution < 1.29 is 9.47 Å². The molecule has 0 aliphatic rings. The van der Waals surface area contributed by atoms with Gasteiger partial charge < -0.3 is 9.47 Å². The summed E-state index contributed by atoms with van der Waals surface area (Å²) in [6.45, 7) is 12.8. The van der Waals surface area contributed by atoms with Crippen LogP contribution >= 0.6 is 23.2 Å². The molecule has 0 atom stereocenters. The summed E-state index contributed by atoms with van der Waals surface area (Å²) >= 11 is 13.0. The first-order valence-electron chi connectivity index (χ1n) is 12.8. The molecule has 0 N–H and O–H groups in total. The van der Waals surface area contributed by atoms with E-state index in [0.717, 1.165) is 22.4 Å². The number of methoxy groups -OCH3 is 1. The highest BCUT2D eigenvalue weighted by Crippen LogP contribution is 2.36. The molecule has 1 heterocycles. The maximum atomic E-state index is 13.7. The molecule has 204 valence electrons. The second-order valence-electron chi connectivity index (χ2n) is 11.0. The Morgan fingerprint density at radius 1 is 1.08 bits per heavy atom. The van der Waals surface area contributed by atoms with Gasteiger partial charge in [0.05, 0.1) is 40.9 Å². The second kappa shape index (κ2) is 11.4. The molecule has 0 aliphatic heterocycles. The van der Waals surface area contributed by atoms with E-state index in [1.807, 2.05) is 37.3 Å². The minimum absolute atomic E-state index is 0.0531. The highest BCUT2D eigenvalue weighted by molar-refractivity contribution is 6.37. The van der Waals surface area contributed by atoms with Crippen LogP contribution in [0.25, 0.3) is 22.3 Å². The van der Waals surface area contributed by atoms with Crippen molar-refractivity contribution in [1.82, 2.24) is 9.66 Å². The van der Waals surface area contributed by atoms with Crippen LogP contribution < -0.4 is 15.0 Å². The first kappa shape index (κ1) is 28.7. The predicted molar refractivity (Wildman–Crippen MR) is 161 cm³/mol. The van der Waals surface area contributed by atoms with Crippen LogP contribution in [-0.2, 0) is 0 Å². The Kier molecular flexibility index (Phi) is 8.38. The van der Waals surface area contributed by atoms with Crippen LogP contribution in [0.2, 0.25) is 10.0 Å². The number of ether oxygens (including phenoxy) is 2. The SMILES string of the molecule is COc1cc(C)c(-c2nc3ccccc3c(=O)n2N=Cc2cc(Cl)c(OCC(C)(C)C)c(Cl)c2)cc1C(C)C. The Bertz CT molecular complexity index is 1600. The van der Waals surface area contributed by atoms with Gasteiger partial charge in [-0.2, -0.15) is 9.78 Å². The third kappa shape index (κ3) is 6.29. The van der Waals surface area contributed by atoms with Crippen LogP contribution in [0.15, 0.2) is 58.4 Å². The zero-order chi connectivity index (χ0) is 28.5. The number of halogens is 2. The number of nitrogens with zero attached hydrogens (tertiary/aromatic N) is 3. The van der Waals surface area contributed by atoms with Crippen molar-refractivity contribution in [3.8, 4) is 22.9 Å². The van der Waals surface area contributed by atoms with Crippen LogP contribution in [0.3, 0.4) is 0 Å². The van der Waals surface area contributed by atoms with E-state index in [2.05, 4.69) is 39.7 Å². The van der Waals surface area contributed by atoms with Gasteiger partial charge in [-0.05, 0) is 71.3 Å². The fourth-order valence-electron chi connectivity index (χ4n) is 4.18. The Hall–Kier alpha value is -3.35. The zero-order valence-corrected chi connectivity index (χ0v) is 24.8. The average Bonchev–Trinajstić information content (AvgIpc) is 2.86. The van der Waals surface area contributed by atoms with Gasteiger partial charge in [0.15, 0.2) is 11.6 Å². The van der Waals surface area contributed by atoms with E-state index in [1.54, 1.807) is 31.5 Å². The molecule has 1 aromatic heterocycles. The normalized spacial score (nSPS) is 12.1. The molecule has 6 nitrogen and oxygen atoms in total. The van der Waals surface area contributed by atoms with Crippen molar-refractivity contribution >= 4 is 40.3 Å². The Balaban J connectivity index is 1.86.